The van der Waals surface area contributed by atoms with Gasteiger partial charge in [-0.25, -0.2) is 0 Å². The average Bonchev–Trinajstić information content (AvgIpc) is 2.90. The van der Waals surface area contributed by atoms with Gasteiger partial charge in [-0.15, -0.1) is 0 Å². The Hall–Kier alpha value is -2.36. The van der Waals surface area contributed by atoms with Crippen molar-refractivity contribution in [2.24, 2.45) is 0 Å². The Morgan fingerprint density at radius 1 is 1.15 bits per heavy atom. The molecule has 20 heavy (non-hydrogen) atoms. The molecule has 0 aliphatic heterocycles. The molecule has 1 N–H and O–H groups in total. The molecule has 0 saturated heterocycles. The van der Waals surface area contributed by atoms with Gasteiger partial charge < -0.3 is 9.67 Å². The van der Waals surface area contributed by atoms with E-state index in [2.05, 4.69) is 0 Å². The van der Waals surface area contributed by atoms with Crippen LogP contribution in [-0.2, 0) is 11.3 Å². The first kappa shape index (κ1) is 14.1. The second kappa shape index (κ2) is 5.74. The summed E-state index contributed by atoms with van der Waals surface area (Å²) in [6.07, 6.45) is 0. The van der Waals surface area contributed by atoms with Crippen molar-refractivity contribution in [2.45, 2.75) is 26.3 Å². The van der Waals surface area contributed by atoms with Crippen LogP contribution in [0.15, 0.2) is 42.5 Å². The lowest BCUT2D eigenvalue weighted by molar-refractivity contribution is -0.138. The Balaban J connectivity index is 2.44. The number of ketones is 1. The first-order valence-corrected chi connectivity index (χ1v) is 6.58. The molecule has 0 radical (unpaired) electrons. The van der Waals surface area contributed by atoms with Gasteiger partial charge in [0, 0.05) is 17.8 Å². The van der Waals surface area contributed by atoms with E-state index in [1.165, 1.54) is 0 Å². The molecule has 0 amide bonds. The number of benzene rings is 1. The predicted octanol–water partition coefficient (Wildman–Crippen LogP) is 2.93. The summed E-state index contributed by atoms with van der Waals surface area (Å²) in [6.45, 7) is 4.09. The fourth-order valence-corrected chi connectivity index (χ4v) is 2.28. The van der Waals surface area contributed by atoms with Crippen LogP contribution in [0.5, 0.6) is 0 Å². The minimum Gasteiger partial charge on any atom is -0.481 e. The van der Waals surface area contributed by atoms with E-state index in [0.29, 0.717) is 23.5 Å². The van der Waals surface area contributed by atoms with Gasteiger partial charge in [-0.05, 0) is 26.0 Å². The summed E-state index contributed by atoms with van der Waals surface area (Å²) < 4.78 is 1.77. The molecule has 104 valence electrons. The van der Waals surface area contributed by atoms with Crippen molar-refractivity contribution in [3.63, 3.8) is 0 Å². The Morgan fingerprint density at radius 2 is 1.80 bits per heavy atom. The Kier molecular flexibility index (Phi) is 4.03. The molecule has 0 bridgehead atoms. The van der Waals surface area contributed by atoms with Gasteiger partial charge in [-0.3, -0.25) is 9.59 Å². The maximum absolute atomic E-state index is 12.5. The topological polar surface area (TPSA) is 59.3 Å². The molecule has 0 aliphatic carbocycles. The summed E-state index contributed by atoms with van der Waals surface area (Å²) in [6, 6.07) is 12.4. The number of carbonyl (C=O) groups excluding carboxylic acids is 1. The number of rotatable bonds is 5. The third-order valence-electron chi connectivity index (χ3n) is 3.41. The molecule has 0 saturated carbocycles. The minimum absolute atomic E-state index is 0.0868. The van der Waals surface area contributed by atoms with Crippen molar-refractivity contribution >= 4 is 11.8 Å². The number of hydrogen-bond donors (Lipinski definition) is 1. The van der Waals surface area contributed by atoms with Crippen LogP contribution < -0.4 is 0 Å². The molecule has 0 aliphatic rings. The third kappa shape index (κ3) is 2.50. The molecule has 2 aromatic rings. The van der Waals surface area contributed by atoms with E-state index in [1.807, 2.05) is 25.1 Å². The largest absolute Gasteiger partial charge is 0.481 e. The maximum Gasteiger partial charge on any atom is 0.312 e. The second-order valence-electron chi connectivity index (χ2n) is 4.64. The zero-order chi connectivity index (χ0) is 14.7. The van der Waals surface area contributed by atoms with Gasteiger partial charge in [-0.2, -0.15) is 0 Å². The molecule has 1 atom stereocenters. The van der Waals surface area contributed by atoms with Crippen LogP contribution in [0, 0.1) is 0 Å². The smallest absolute Gasteiger partial charge is 0.312 e. The lowest BCUT2D eigenvalue weighted by Gasteiger charge is -2.13. The van der Waals surface area contributed by atoms with Crippen molar-refractivity contribution < 1.29 is 14.7 Å². The van der Waals surface area contributed by atoms with Crippen LogP contribution in [0.1, 0.15) is 41.5 Å². The average molecular weight is 271 g/mol. The van der Waals surface area contributed by atoms with Crippen LogP contribution in [0.4, 0.5) is 0 Å². The van der Waals surface area contributed by atoms with E-state index >= 15 is 0 Å². The number of aromatic nitrogens is 1. The van der Waals surface area contributed by atoms with Gasteiger partial charge in [0.2, 0.25) is 5.78 Å². The van der Waals surface area contributed by atoms with Crippen LogP contribution in [0.25, 0.3) is 0 Å². The fraction of sp³-hybridized carbons (Fsp3) is 0.250. The monoisotopic (exact) mass is 271 g/mol. The molecule has 2 rings (SSSR count). The number of carboxylic acids is 1. The second-order valence-corrected chi connectivity index (χ2v) is 4.64. The van der Waals surface area contributed by atoms with E-state index in [1.54, 1.807) is 35.8 Å². The SMILES string of the molecule is CCn1c(C(=O)c2ccccc2)ccc1C(C)C(=O)O. The van der Waals surface area contributed by atoms with Crippen molar-refractivity contribution in [1.29, 1.82) is 0 Å². The molecular weight excluding hydrogens is 254 g/mol. The molecule has 0 fully saturated rings. The standard InChI is InChI=1S/C16H17NO3/c1-3-17-13(11(2)16(19)20)9-10-14(17)15(18)12-7-5-4-6-8-12/h4-11H,3H2,1-2H3,(H,19,20). The molecule has 1 unspecified atom stereocenters. The molecule has 0 spiro atoms. The number of carbonyl (C=O) groups is 2. The molecule has 1 aromatic carbocycles. The Bertz CT molecular complexity index is 628. The summed E-state index contributed by atoms with van der Waals surface area (Å²) in [4.78, 5) is 23.6. The normalized spacial score (nSPS) is 12.1. The van der Waals surface area contributed by atoms with E-state index in [9.17, 15) is 9.59 Å². The van der Waals surface area contributed by atoms with E-state index in [-0.39, 0.29) is 5.78 Å². The first-order chi connectivity index (χ1) is 9.56. The highest BCUT2D eigenvalue weighted by Gasteiger charge is 2.22. The van der Waals surface area contributed by atoms with E-state index in [0.717, 1.165) is 0 Å². The summed E-state index contributed by atoms with van der Waals surface area (Å²) in [7, 11) is 0. The van der Waals surface area contributed by atoms with Gasteiger partial charge in [0.15, 0.2) is 0 Å². The van der Waals surface area contributed by atoms with Gasteiger partial charge in [0.1, 0.15) is 0 Å². The first-order valence-electron chi connectivity index (χ1n) is 6.58. The van der Waals surface area contributed by atoms with Crippen molar-refractivity contribution in [3.05, 3.63) is 59.4 Å². The summed E-state index contributed by atoms with van der Waals surface area (Å²) in [5.41, 5.74) is 1.79. The highest BCUT2D eigenvalue weighted by atomic mass is 16.4. The van der Waals surface area contributed by atoms with Crippen LogP contribution >= 0.6 is 0 Å². The lowest BCUT2D eigenvalue weighted by Crippen LogP contribution is -2.16. The molecule has 1 aromatic heterocycles. The lowest BCUT2D eigenvalue weighted by atomic mass is 10.1. The van der Waals surface area contributed by atoms with E-state index < -0.39 is 11.9 Å². The highest BCUT2D eigenvalue weighted by molar-refractivity contribution is 6.08. The van der Waals surface area contributed by atoms with Gasteiger partial charge >= 0.3 is 5.97 Å². The summed E-state index contributed by atoms with van der Waals surface area (Å²) >= 11 is 0. The van der Waals surface area contributed by atoms with E-state index in [4.69, 9.17) is 5.11 Å². The zero-order valence-corrected chi connectivity index (χ0v) is 11.5. The number of nitrogens with zero attached hydrogens (tertiary/aromatic N) is 1. The number of hydrogen-bond acceptors (Lipinski definition) is 2. The minimum atomic E-state index is -0.892. The van der Waals surface area contributed by atoms with Gasteiger partial charge in [0.25, 0.3) is 0 Å². The molecule has 4 heteroatoms. The number of aliphatic carboxylic acids is 1. The van der Waals surface area contributed by atoms with Crippen molar-refractivity contribution in [2.75, 3.05) is 0 Å². The summed E-state index contributed by atoms with van der Waals surface area (Å²) in [5, 5.41) is 9.12. The predicted molar refractivity (Wildman–Crippen MR) is 76.0 cm³/mol. The fourth-order valence-electron chi connectivity index (χ4n) is 2.28. The van der Waals surface area contributed by atoms with Gasteiger partial charge in [-0.1, -0.05) is 30.3 Å². The zero-order valence-electron chi connectivity index (χ0n) is 11.5. The van der Waals surface area contributed by atoms with Crippen LogP contribution in [0.3, 0.4) is 0 Å². The van der Waals surface area contributed by atoms with Crippen molar-refractivity contribution in [3.8, 4) is 0 Å². The summed E-state index contributed by atoms with van der Waals surface area (Å²) in [5.74, 6) is -1.61. The maximum atomic E-state index is 12.5. The molecule has 1 heterocycles. The highest BCUT2D eigenvalue weighted by Crippen LogP contribution is 2.21. The number of carboxylic acid groups (broad SMARTS) is 1. The Morgan fingerprint density at radius 3 is 2.35 bits per heavy atom. The van der Waals surface area contributed by atoms with Crippen molar-refractivity contribution in [1.82, 2.24) is 4.57 Å². The Labute approximate surface area is 117 Å². The van der Waals surface area contributed by atoms with Crippen LogP contribution in [-0.4, -0.2) is 21.4 Å². The molecule has 4 nitrogen and oxygen atoms in total. The third-order valence-corrected chi connectivity index (χ3v) is 3.41. The molecular formula is C16H17NO3. The quantitative estimate of drug-likeness (QED) is 0.850. The van der Waals surface area contributed by atoms with Gasteiger partial charge in [0.05, 0.1) is 11.6 Å². The van der Waals surface area contributed by atoms with Crippen LogP contribution in [0.2, 0.25) is 0 Å².